The Morgan fingerprint density at radius 2 is 1.10 bits per heavy atom. The van der Waals surface area contributed by atoms with E-state index in [0.717, 1.165) is 38.5 Å². The molecular weight excluding hydrogens is 272 g/mol. The number of hydrogen-bond donors (Lipinski definition) is 4. The van der Waals surface area contributed by atoms with Crippen LogP contribution in [-0.2, 0) is 4.74 Å². The Labute approximate surface area is 127 Å². The fraction of sp³-hybridized carbons (Fsp3) is 0.750. The molecule has 0 aliphatic carbocycles. The van der Waals surface area contributed by atoms with Gasteiger partial charge < -0.3 is 25.2 Å². The van der Waals surface area contributed by atoms with E-state index in [0.29, 0.717) is 12.8 Å². The minimum absolute atomic E-state index is 0.160. The van der Waals surface area contributed by atoms with Gasteiger partial charge in [0.25, 0.3) is 0 Å². The molecule has 0 fully saturated rings. The lowest BCUT2D eigenvalue weighted by Crippen LogP contribution is -2.17. The van der Waals surface area contributed by atoms with Crippen molar-refractivity contribution >= 4 is 0 Å². The van der Waals surface area contributed by atoms with Gasteiger partial charge in [-0.25, -0.2) is 0 Å². The molecule has 0 aliphatic rings. The summed E-state index contributed by atoms with van der Waals surface area (Å²) in [4.78, 5) is 0. The molecule has 4 N–H and O–H groups in total. The number of aliphatic hydroxyl groups is 4. The van der Waals surface area contributed by atoms with Crippen LogP contribution < -0.4 is 0 Å². The Morgan fingerprint density at radius 3 is 1.43 bits per heavy atom. The third-order valence-electron chi connectivity index (χ3n) is 3.28. The summed E-state index contributed by atoms with van der Waals surface area (Å²) in [7, 11) is 0. The predicted molar refractivity (Wildman–Crippen MR) is 82.5 cm³/mol. The molecule has 0 aromatic rings. The van der Waals surface area contributed by atoms with E-state index in [1.165, 1.54) is 0 Å². The summed E-state index contributed by atoms with van der Waals surface area (Å²) in [5.74, 6) is 0.386. The minimum atomic E-state index is -0.790. The number of ether oxygens (including phenoxy) is 1. The maximum absolute atomic E-state index is 9.86. The highest BCUT2D eigenvalue weighted by Gasteiger charge is 2.15. The van der Waals surface area contributed by atoms with E-state index in [1.807, 2.05) is 0 Å². The molecule has 0 spiro atoms. The summed E-state index contributed by atoms with van der Waals surface area (Å²) in [6, 6.07) is 0. The van der Waals surface area contributed by atoms with Gasteiger partial charge in [0.1, 0.15) is 23.7 Å². The van der Waals surface area contributed by atoms with Crippen LogP contribution in [0.1, 0.15) is 51.4 Å². The van der Waals surface area contributed by atoms with E-state index in [2.05, 4.69) is 13.2 Å². The lowest BCUT2D eigenvalue weighted by atomic mass is 10.1. The molecule has 0 saturated carbocycles. The molecule has 0 bridgehead atoms. The highest BCUT2D eigenvalue weighted by Crippen LogP contribution is 2.18. The van der Waals surface area contributed by atoms with Crippen molar-refractivity contribution in [1.82, 2.24) is 0 Å². The maximum atomic E-state index is 9.86. The Kier molecular flexibility index (Phi) is 12.3. The van der Waals surface area contributed by atoms with Gasteiger partial charge in [0, 0.05) is 13.2 Å². The normalized spacial score (nSPS) is 13.7. The van der Waals surface area contributed by atoms with Crippen LogP contribution in [0.5, 0.6) is 0 Å². The molecule has 0 radical (unpaired) electrons. The average Bonchev–Trinajstić information content (AvgIpc) is 2.47. The topological polar surface area (TPSA) is 90.2 Å². The van der Waals surface area contributed by atoms with Gasteiger partial charge in [0.2, 0.25) is 0 Å². The van der Waals surface area contributed by atoms with Crippen LogP contribution >= 0.6 is 0 Å². The van der Waals surface area contributed by atoms with Crippen molar-refractivity contribution in [2.75, 3.05) is 13.2 Å². The zero-order valence-electron chi connectivity index (χ0n) is 12.8. The van der Waals surface area contributed by atoms with Crippen molar-refractivity contribution in [3.8, 4) is 0 Å². The lowest BCUT2D eigenvalue weighted by Gasteiger charge is -2.19. The first-order chi connectivity index (χ1) is 10.0. The maximum Gasteiger partial charge on any atom is 0.125 e. The van der Waals surface area contributed by atoms with Crippen molar-refractivity contribution < 1.29 is 25.2 Å². The lowest BCUT2D eigenvalue weighted by molar-refractivity contribution is 0.0821. The summed E-state index contributed by atoms with van der Waals surface area (Å²) >= 11 is 0. The summed E-state index contributed by atoms with van der Waals surface area (Å²) in [5.41, 5.74) is 0. The molecule has 2 atom stereocenters. The van der Waals surface area contributed by atoms with E-state index < -0.39 is 12.2 Å². The largest absolute Gasteiger partial charge is 0.462 e. The SMILES string of the molecule is C=C(OC(=C)C(O)CCCCCO)C(O)CCCCCO. The molecule has 0 aliphatic heterocycles. The second kappa shape index (κ2) is 12.8. The number of hydrogen-bond acceptors (Lipinski definition) is 5. The van der Waals surface area contributed by atoms with E-state index in [1.54, 1.807) is 0 Å². The van der Waals surface area contributed by atoms with Crippen molar-refractivity contribution in [3.63, 3.8) is 0 Å². The summed E-state index contributed by atoms with van der Waals surface area (Å²) < 4.78 is 5.30. The molecule has 2 unspecified atom stereocenters. The smallest absolute Gasteiger partial charge is 0.125 e. The molecule has 0 aromatic carbocycles. The molecule has 0 saturated heterocycles. The first kappa shape index (κ1) is 20.1. The fourth-order valence-corrected chi connectivity index (χ4v) is 1.88. The van der Waals surface area contributed by atoms with Crippen molar-refractivity contribution in [2.45, 2.75) is 63.6 Å². The van der Waals surface area contributed by atoms with Gasteiger partial charge in [-0.1, -0.05) is 38.8 Å². The summed E-state index contributed by atoms with van der Waals surface area (Å²) in [5, 5.41) is 37.0. The van der Waals surface area contributed by atoms with Crippen molar-refractivity contribution in [1.29, 1.82) is 0 Å². The molecule has 0 aromatic heterocycles. The summed E-state index contributed by atoms with van der Waals surface area (Å²) in [6.45, 7) is 7.64. The van der Waals surface area contributed by atoms with Crippen LogP contribution in [0.15, 0.2) is 24.7 Å². The van der Waals surface area contributed by atoms with Crippen molar-refractivity contribution in [2.24, 2.45) is 0 Å². The molecule has 5 nitrogen and oxygen atoms in total. The van der Waals surface area contributed by atoms with Gasteiger partial charge in [0.05, 0.1) is 0 Å². The third kappa shape index (κ3) is 10.5. The predicted octanol–water partition coefficient (Wildman–Crippen LogP) is 1.86. The Hall–Kier alpha value is -0.880. The Balaban J connectivity index is 3.87. The molecular formula is C16H30O5. The Morgan fingerprint density at radius 1 is 0.714 bits per heavy atom. The second-order valence-corrected chi connectivity index (χ2v) is 5.21. The molecule has 0 amide bonds. The number of aliphatic hydroxyl groups excluding tert-OH is 4. The van der Waals surface area contributed by atoms with Crippen molar-refractivity contribution in [3.05, 3.63) is 24.7 Å². The van der Waals surface area contributed by atoms with E-state index in [-0.39, 0.29) is 24.7 Å². The standard InChI is InChI=1S/C16H30O5/c1-13(15(19)9-5-3-7-11-17)21-14(2)16(20)10-6-4-8-12-18/h15-20H,1-12H2. The van der Waals surface area contributed by atoms with Gasteiger partial charge in [0.15, 0.2) is 0 Å². The average molecular weight is 302 g/mol. The van der Waals surface area contributed by atoms with Gasteiger partial charge in [-0.05, 0) is 25.7 Å². The highest BCUT2D eigenvalue weighted by atomic mass is 16.5. The Bertz CT molecular complexity index is 262. The molecule has 0 heterocycles. The van der Waals surface area contributed by atoms with Crippen LogP contribution in [0.2, 0.25) is 0 Å². The monoisotopic (exact) mass is 302 g/mol. The van der Waals surface area contributed by atoms with Gasteiger partial charge in [-0.3, -0.25) is 0 Å². The van der Waals surface area contributed by atoms with Crippen LogP contribution in [0.4, 0.5) is 0 Å². The van der Waals surface area contributed by atoms with Gasteiger partial charge >= 0.3 is 0 Å². The highest BCUT2D eigenvalue weighted by molar-refractivity contribution is 5.01. The molecule has 0 rings (SSSR count). The third-order valence-corrected chi connectivity index (χ3v) is 3.28. The minimum Gasteiger partial charge on any atom is -0.462 e. The quantitative estimate of drug-likeness (QED) is 0.290. The summed E-state index contributed by atoms with van der Waals surface area (Å²) in [6.07, 6.45) is 4.13. The van der Waals surface area contributed by atoms with Crippen LogP contribution in [-0.4, -0.2) is 45.8 Å². The second-order valence-electron chi connectivity index (χ2n) is 5.21. The zero-order valence-corrected chi connectivity index (χ0v) is 12.8. The van der Waals surface area contributed by atoms with Crippen LogP contribution in [0.25, 0.3) is 0 Å². The zero-order chi connectivity index (χ0) is 16.1. The van der Waals surface area contributed by atoms with Crippen LogP contribution in [0, 0.1) is 0 Å². The van der Waals surface area contributed by atoms with E-state index >= 15 is 0 Å². The van der Waals surface area contributed by atoms with Crippen LogP contribution in [0.3, 0.4) is 0 Å². The van der Waals surface area contributed by atoms with Gasteiger partial charge in [-0.2, -0.15) is 0 Å². The van der Waals surface area contributed by atoms with Gasteiger partial charge in [-0.15, -0.1) is 0 Å². The number of rotatable bonds is 14. The first-order valence-corrected chi connectivity index (χ1v) is 7.66. The fourth-order valence-electron chi connectivity index (χ4n) is 1.88. The number of unbranched alkanes of at least 4 members (excludes halogenated alkanes) is 4. The molecule has 5 heteroatoms. The molecule has 124 valence electrons. The first-order valence-electron chi connectivity index (χ1n) is 7.66. The van der Waals surface area contributed by atoms with E-state index in [9.17, 15) is 10.2 Å². The molecule has 21 heavy (non-hydrogen) atoms. The van der Waals surface area contributed by atoms with E-state index in [4.69, 9.17) is 14.9 Å².